The minimum Gasteiger partial charge on any atom is -0.384 e. The number of carbonyl (C=O) groups is 1. The minimum absolute atomic E-state index is 0.209. The Kier molecular flexibility index (Phi) is 3.11. The van der Waals surface area contributed by atoms with Crippen LogP contribution >= 0.6 is 0 Å². The SMILES string of the molecule is CNC(=O)c1cc(N)n(CC(C)C)n1. The minimum atomic E-state index is -0.209. The van der Waals surface area contributed by atoms with Crippen molar-refractivity contribution in [1.82, 2.24) is 15.1 Å². The summed E-state index contributed by atoms with van der Waals surface area (Å²) in [6.45, 7) is 4.87. The second kappa shape index (κ2) is 4.13. The molecule has 0 saturated heterocycles. The fraction of sp³-hybridized carbons (Fsp3) is 0.556. The van der Waals surface area contributed by atoms with Crippen LogP contribution < -0.4 is 11.1 Å². The lowest BCUT2D eigenvalue weighted by Crippen LogP contribution is -2.19. The first-order valence-electron chi connectivity index (χ1n) is 4.60. The van der Waals surface area contributed by atoms with Crippen LogP contribution in [0.5, 0.6) is 0 Å². The molecule has 5 nitrogen and oxygen atoms in total. The first kappa shape index (κ1) is 10.6. The van der Waals surface area contributed by atoms with Crippen LogP contribution in [0.2, 0.25) is 0 Å². The molecule has 1 aromatic rings. The molecule has 1 amide bonds. The Morgan fingerprint density at radius 1 is 1.71 bits per heavy atom. The van der Waals surface area contributed by atoms with E-state index in [9.17, 15) is 4.79 Å². The number of nitrogens with two attached hydrogens (primary N) is 1. The maximum Gasteiger partial charge on any atom is 0.271 e. The van der Waals surface area contributed by atoms with E-state index in [2.05, 4.69) is 24.3 Å². The van der Waals surface area contributed by atoms with Gasteiger partial charge >= 0.3 is 0 Å². The van der Waals surface area contributed by atoms with Crippen molar-refractivity contribution in [1.29, 1.82) is 0 Å². The van der Waals surface area contributed by atoms with Crippen LogP contribution in [0.15, 0.2) is 6.07 Å². The lowest BCUT2D eigenvalue weighted by Gasteiger charge is -2.05. The summed E-state index contributed by atoms with van der Waals surface area (Å²) in [6.07, 6.45) is 0. The third-order valence-corrected chi connectivity index (χ3v) is 1.81. The van der Waals surface area contributed by atoms with Crippen LogP contribution in [-0.2, 0) is 6.54 Å². The molecule has 3 N–H and O–H groups in total. The summed E-state index contributed by atoms with van der Waals surface area (Å²) in [4.78, 5) is 11.2. The first-order chi connectivity index (χ1) is 6.54. The van der Waals surface area contributed by atoms with Crippen LogP contribution in [0.1, 0.15) is 24.3 Å². The Morgan fingerprint density at radius 3 is 2.86 bits per heavy atom. The molecule has 1 aromatic heterocycles. The van der Waals surface area contributed by atoms with Crippen molar-refractivity contribution in [2.24, 2.45) is 5.92 Å². The number of anilines is 1. The zero-order valence-electron chi connectivity index (χ0n) is 8.74. The zero-order chi connectivity index (χ0) is 10.7. The van der Waals surface area contributed by atoms with E-state index in [4.69, 9.17) is 5.73 Å². The molecule has 5 heteroatoms. The Balaban J connectivity index is 2.87. The topological polar surface area (TPSA) is 72.9 Å². The summed E-state index contributed by atoms with van der Waals surface area (Å²) in [5.41, 5.74) is 6.07. The van der Waals surface area contributed by atoms with Gasteiger partial charge in [-0.15, -0.1) is 0 Å². The number of nitrogens with zero attached hydrogens (tertiary/aromatic N) is 2. The fourth-order valence-corrected chi connectivity index (χ4v) is 1.16. The van der Waals surface area contributed by atoms with Crippen molar-refractivity contribution in [2.75, 3.05) is 12.8 Å². The van der Waals surface area contributed by atoms with Crippen LogP contribution in [0.3, 0.4) is 0 Å². The van der Waals surface area contributed by atoms with E-state index in [1.165, 1.54) is 0 Å². The highest BCUT2D eigenvalue weighted by Crippen LogP contribution is 2.08. The highest BCUT2D eigenvalue weighted by atomic mass is 16.1. The van der Waals surface area contributed by atoms with Crippen molar-refractivity contribution in [3.8, 4) is 0 Å². The predicted octanol–water partition coefficient (Wildman–Crippen LogP) is 0.481. The van der Waals surface area contributed by atoms with Gasteiger partial charge in [0.1, 0.15) is 5.82 Å². The molecule has 0 saturated carbocycles. The molecule has 0 aliphatic rings. The molecule has 1 rings (SSSR count). The van der Waals surface area contributed by atoms with E-state index in [0.29, 0.717) is 17.4 Å². The summed E-state index contributed by atoms with van der Waals surface area (Å²) < 4.78 is 1.65. The molecule has 0 bridgehead atoms. The highest BCUT2D eigenvalue weighted by molar-refractivity contribution is 5.92. The average Bonchev–Trinajstić information content (AvgIpc) is 2.46. The lowest BCUT2D eigenvalue weighted by molar-refractivity contribution is 0.0957. The molecule has 0 unspecified atom stereocenters. The van der Waals surface area contributed by atoms with E-state index < -0.39 is 0 Å². The monoisotopic (exact) mass is 196 g/mol. The summed E-state index contributed by atoms with van der Waals surface area (Å²) in [6, 6.07) is 1.58. The van der Waals surface area contributed by atoms with Gasteiger partial charge in [-0.25, -0.2) is 4.68 Å². The van der Waals surface area contributed by atoms with E-state index in [0.717, 1.165) is 6.54 Å². The fourth-order valence-electron chi connectivity index (χ4n) is 1.16. The summed E-state index contributed by atoms with van der Waals surface area (Å²) >= 11 is 0. The highest BCUT2D eigenvalue weighted by Gasteiger charge is 2.11. The zero-order valence-corrected chi connectivity index (χ0v) is 8.74. The van der Waals surface area contributed by atoms with Crippen LogP contribution in [0.4, 0.5) is 5.82 Å². The second-order valence-corrected chi connectivity index (χ2v) is 3.61. The van der Waals surface area contributed by atoms with E-state index in [1.54, 1.807) is 17.8 Å². The maximum atomic E-state index is 11.2. The molecule has 0 fully saturated rings. The standard InChI is InChI=1S/C9H16N4O/c1-6(2)5-13-8(10)4-7(12-13)9(14)11-3/h4,6H,5,10H2,1-3H3,(H,11,14). The van der Waals surface area contributed by atoms with Crippen molar-refractivity contribution in [2.45, 2.75) is 20.4 Å². The number of nitrogen functional groups attached to an aromatic ring is 1. The number of nitrogens with one attached hydrogen (secondary N) is 1. The van der Waals surface area contributed by atoms with Crippen molar-refractivity contribution in [3.05, 3.63) is 11.8 Å². The van der Waals surface area contributed by atoms with E-state index in [-0.39, 0.29) is 5.91 Å². The first-order valence-corrected chi connectivity index (χ1v) is 4.60. The van der Waals surface area contributed by atoms with Gasteiger partial charge in [0, 0.05) is 19.7 Å². The molecule has 0 aliphatic heterocycles. The molecular weight excluding hydrogens is 180 g/mol. The van der Waals surface area contributed by atoms with Gasteiger partial charge < -0.3 is 11.1 Å². The number of hydrogen-bond acceptors (Lipinski definition) is 3. The number of aromatic nitrogens is 2. The van der Waals surface area contributed by atoms with Gasteiger partial charge in [0.05, 0.1) is 0 Å². The van der Waals surface area contributed by atoms with Crippen LogP contribution in [-0.4, -0.2) is 22.7 Å². The molecule has 78 valence electrons. The van der Waals surface area contributed by atoms with Gasteiger partial charge in [0.2, 0.25) is 0 Å². The van der Waals surface area contributed by atoms with Crippen LogP contribution in [0.25, 0.3) is 0 Å². The molecule has 1 heterocycles. The Labute approximate surface area is 83.3 Å². The molecule has 0 aromatic carbocycles. The molecule has 0 radical (unpaired) electrons. The van der Waals surface area contributed by atoms with Gasteiger partial charge in [-0.1, -0.05) is 13.8 Å². The second-order valence-electron chi connectivity index (χ2n) is 3.61. The molecule has 0 atom stereocenters. The van der Waals surface area contributed by atoms with Crippen molar-refractivity contribution in [3.63, 3.8) is 0 Å². The quantitative estimate of drug-likeness (QED) is 0.738. The van der Waals surface area contributed by atoms with Crippen molar-refractivity contribution < 1.29 is 4.79 Å². The van der Waals surface area contributed by atoms with Gasteiger partial charge in [-0.3, -0.25) is 4.79 Å². The molecule has 14 heavy (non-hydrogen) atoms. The Morgan fingerprint density at radius 2 is 2.36 bits per heavy atom. The Hall–Kier alpha value is -1.52. The maximum absolute atomic E-state index is 11.2. The summed E-state index contributed by atoms with van der Waals surface area (Å²) in [7, 11) is 1.57. The number of rotatable bonds is 3. The van der Waals surface area contributed by atoms with Gasteiger partial charge in [-0.2, -0.15) is 5.10 Å². The van der Waals surface area contributed by atoms with E-state index in [1.807, 2.05) is 0 Å². The third kappa shape index (κ3) is 2.25. The smallest absolute Gasteiger partial charge is 0.271 e. The largest absolute Gasteiger partial charge is 0.384 e. The molecule has 0 spiro atoms. The van der Waals surface area contributed by atoms with Gasteiger partial charge in [0.15, 0.2) is 5.69 Å². The number of hydrogen-bond donors (Lipinski definition) is 2. The summed E-state index contributed by atoms with van der Waals surface area (Å²) in [5.74, 6) is 0.770. The normalized spacial score (nSPS) is 10.6. The molecule has 0 aliphatic carbocycles. The summed E-state index contributed by atoms with van der Waals surface area (Å²) in [5, 5.41) is 6.61. The van der Waals surface area contributed by atoms with Crippen LogP contribution in [0, 0.1) is 5.92 Å². The average molecular weight is 196 g/mol. The lowest BCUT2D eigenvalue weighted by atomic mass is 10.2. The third-order valence-electron chi connectivity index (χ3n) is 1.81. The Bertz CT molecular complexity index is 330. The number of carbonyl (C=O) groups excluding carboxylic acids is 1. The predicted molar refractivity (Wildman–Crippen MR) is 54.9 cm³/mol. The molecular formula is C9H16N4O. The van der Waals surface area contributed by atoms with Gasteiger partial charge in [-0.05, 0) is 5.92 Å². The van der Waals surface area contributed by atoms with Crippen molar-refractivity contribution >= 4 is 11.7 Å². The van der Waals surface area contributed by atoms with Gasteiger partial charge in [0.25, 0.3) is 5.91 Å². The number of amides is 1. The van der Waals surface area contributed by atoms with E-state index >= 15 is 0 Å².